The maximum absolute atomic E-state index is 11.7. The fourth-order valence-corrected chi connectivity index (χ4v) is 2.06. The predicted molar refractivity (Wildman–Crippen MR) is 65.9 cm³/mol. The summed E-state index contributed by atoms with van der Waals surface area (Å²) in [5.41, 5.74) is 1.02. The molecule has 0 spiro atoms. The number of rotatable bonds is 2. The summed E-state index contributed by atoms with van der Waals surface area (Å²) in [5.74, 6) is 0. The fourth-order valence-electron chi connectivity index (χ4n) is 2.06. The molecule has 2 amide bonds. The monoisotopic (exact) mass is 237 g/mol. The van der Waals surface area contributed by atoms with Gasteiger partial charge < -0.3 is 15.1 Å². The van der Waals surface area contributed by atoms with E-state index in [9.17, 15) is 4.79 Å². The first-order chi connectivity index (χ1) is 8.16. The second kappa shape index (κ2) is 5.07. The second-order valence-corrected chi connectivity index (χ2v) is 4.57. The van der Waals surface area contributed by atoms with Crippen LogP contribution in [0.1, 0.15) is 12.8 Å². The Labute approximate surface area is 101 Å². The maximum atomic E-state index is 11.7. The van der Waals surface area contributed by atoms with E-state index in [0.29, 0.717) is 6.04 Å². The highest BCUT2D eigenvalue weighted by Crippen LogP contribution is 2.16. The lowest BCUT2D eigenvalue weighted by molar-refractivity contribution is 0.158. The van der Waals surface area contributed by atoms with Crippen LogP contribution in [-0.2, 0) is 0 Å². The summed E-state index contributed by atoms with van der Waals surface area (Å²) in [4.78, 5) is 15.3. The highest BCUT2D eigenvalue weighted by Gasteiger charge is 2.23. The molecule has 1 saturated heterocycles. The van der Waals surface area contributed by atoms with Gasteiger partial charge in [-0.3, -0.25) is 5.10 Å². The summed E-state index contributed by atoms with van der Waals surface area (Å²) in [5, 5.41) is 10.1. The number of likely N-dealkylation sites (tertiary alicyclic amines) is 1. The molecule has 17 heavy (non-hydrogen) atoms. The van der Waals surface area contributed by atoms with Crippen molar-refractivity contribution in [3.63, 3.8) is 0 Å². The Kier molecular flexibility index (Phi) is 3.51. The molecule has 2 rings (SSSR count). The molecular formula is C11H19N5O. The van der Waals surface area contributed by atoms with E-state index < -0.39 is 0 Å². The number of hydrogen-bond donors (Lipinski definition) is 2. The molecule has 0 atom stereocenters. The van der Waals surface area contributed by atoms with Gasteiger partial charge in [-0.05, 0) is 12.8 Å². The van der Waals surface area contributed by atoms with Crippen LogP contribution in [0.5, 0.6) is 0 Å². The number of amides is 2. The van der Waals surface area contributed by atoms with E-state index in [1.807, 2.05) is 11.1 Å². The number of carbonyl (C=O) groups is 1. The van der Waals surface area contributed by atoms with Gasteiger partial charge in [0.05, 0.1) is 11.9 Å². The molecular weight excluding hydrogens is 218 g/mol. The molecule has 0 radical (unpaired) electrons. The van der Waals surface area contributed by atoms with Crippen molar-refractivity contribution in [3.8, 4) is 0 Å². The number of aromatic nitrogens is 2. The summed E-state index contributed by atoms with van der Waals surface area (Å²) < 4.78 is 0. The van der Waals surface area contributed by atoms with Crippen molar-refractivity contribution in [2.24, 2.45) is 0 Å². The van der Waals surface area contributed by atoms with Crippen molar-refractivity contribution >= 4 is 11.7 Å². The van der Waals surface area contributed by atoms with Crippen LogP contribution in [0.15, 0.2) is 12.4 Å². The summed E-state index contributed by atoms with van der Waals surface area (Å²) in [6.45, 7) is 1.62. The number of piperidine rings is 1. The number of anilines is 1. The quantitative estimate of drug-likeness (QED) is 0.805. The number of nitrogens with zero attached hydrogens (tertiary/aromatic N) is 3. The van der Waals surface area contributed by atoms with Gasteiger partial charge >= 0.3 is 6.03 Å². The molecule has 0 bridgehead atoms. The Morgan fingerprint density at radius 3 is 2.76 bits per heavy atom. The molecule has 2 heterocycles. The van der Waals surface area contributed by atoms with Gasteiger partial charge in [-0.25, -0.2) is 4.79 Å². The molecule has 0 unspecified atom stereocenters. The number of aromatic amines is 1. The van der Waals surface area contributed by atoms with E-state index in [0.717, 1.165) is 31.6 Å². The lowest BCUT2D eigenvalue weighted by Crippen LogP contribution is -2.46. The zero-order valence-electron chi connectivity index (χ0n) is 10.3. The number of nitrogens with one attached hydrogen (secondary N) is 2. The third-order valence-electron chi connectivity index (χ3n) is 3.02. The molecule has 1 fully saturated rings. The number of carbonyl (C=O) groups excluding carboxylic acids is 1. The first-order valence-electron chi connectivity index (χ1n) is 5.88. The van der Waals surface area contributed by atoms with Crippen molar-refractivity contribution in [2.75, 3.05) is 32.5 Å². The van der Waals surface area contributed by atoms with Crippen LogP contribution in [0, 0.1) is 0 Å². The van der Waals surface area contributed by atoms with Gasteiger partial charge in [-0.2, -0.15) is 5.10 Å². The van der Waals surface area contributed by atoms with E-state index in [4.69, 9.17) is 0 Å². The van der Waals surface area contributed by atoms with Gasteiger partial charge in [-0.15, -0.1) is 0 Å². The first kappa shape index (κ1) is 11.8. The summed E-state index contributed by atoms with van der Waals surface area (Å²) >= 11 is 0. The van der Waals surface area contributed by atoms with Crippen LogP contribution in [-0.4, -0.2) is 59.3 Å². The largest absolute Gasteiger partial charge is 0.380 e. The van der Waals surface area contributed by atoms with E-state index in [2.05, 4.69) is 15.5 Å². The van der Waals surface area contributed by atoms with Crippen molar-refractivity contribution in [2.45, 2.75) is 18.9 Å². The molecule has 0 aromatic carbocycles. The van der Waals surface area contributed by atoms with Crippen molar-refractivity contribution < 1.29 is 4.79 Å². The van der Waals surface area contributed by atoms with Crippen molar-refractivity contribution in [1.82, 2.24) is 20.0 Å². The lowest BCUT2D eigenvalue weighted by Gasteiger charge is -2.34. The summed E-state index contributed by atoms with van der Waals surface area (Å²) in [7, 11) is 3.58. The van der Waals surface area contributed by atoms with Crippen LogP contribution in [0.25, 0.3) is 0 Å². The minimum Gasteiger partial charge on any atom is -0.380 e. The topological polar surface area (TPSA) is 64.3 Å². The zero-order chi connectivity index (χ0) is 12.3. The van der Waals surface area contributed by atoms with Gasteiger partial charge in [0.15, 0.2) is 0 Å². The SMILES string of the molecule is CN(C)C(=O)N1CCC(Nc2cn[nH]c2)CC1. The molecule has 1 aliphatic rings. The zero-order valence-corrected chi connectivity index (χ0v) is 10.3. The molecule has 0 saturated carbocycles. The Balaban J connectivity index is 1.80. The highest BCUT2D eigenvalue weighted by molar-refractivity contribution is 5.73. The van der Waals surface area contributed by atoms with E-state index in [-0.39, 0.29) is 6.03 Å². The van der Waals surface area contributed by atoms with Crippen molar-refractivity contribution in [1.29, 1.82) is 0 Å². The van der Waals surface area contributed by atoms with Gasteiger partial charge in [0.2, 0.25) is 0 Å². The van der Waals surface area contributed by atoms with Crippen LogP contribution in [0.2, 0.25) is 0 Å². The van der Waals surface area contributed by atoms with Crippen LogP contribution < -0.4 is 5.32 Å². The lowest BCUT2D eigenvalue weighted by atomic mass is 10.1. The van der Waals surface area contributed by atoms with E-state index >= 15 is 0 Å². The highest BCUT2D eigenvalue weighted by atomic mass is 16.2. The Morgan fingerprint density at radius 2 is 2.24 bits per heavy atom. The molecule has 6 nitrogen and oxygen atoms in total. The molecule has 0 aliphatic carbocycles. The van der Waals surface area contributed by atoms with E-state index in [1.54, 1.807) is 25.2 Å². The first-order valence-corrected chi connectivity index (χ1v) is 5.88. The molecule has 1 aromatic rings. The van der Waals surface area contributed by atoms with Gasteiger partial charge in [-0.1, -0.05) is 0 Å². The Hall–Kier alpha value is -1.72. The predicted octanol–water partition coefficient (Wildman–Crippen LogP) is 0.968. The number of H-pyrrole nitrogens is 1. The summed E-state index contributed by atoms with van der Waals surface area (Å²) in [6.07, 6.45) is 5.57. The maximum Gasteiger partial charge on any atom is 0.319 e. The Bertz CT molecular complexity index is 354. The number of hydrogen-bond acceptors (Lipinski definition) is 3. The van der Waals surface area contributed by atoms with Crippen LogP contribution in [0.3, 0.4) is 0 Å². The van der Waals surface area contributed by atoms with Crippen LogP contribution >= 0.6 is 0 Å². The molecule has 1 aliphatic heterocycles. The van der Waals surface area contributed by atoms with Gasteiger partial charge in [0.1, 0.15) is 0 Å². The normalized spacial score (nSPS) is 16.9. The minimum atomic E-state index is 0.103. The smallest absolute Gasteiger partial charge is 0.319 e. The second-order valence-electron chi connectivity index (χ2n) is 4.57. The number of urea groups is 1. The summed E-state index contributed by atoms with van der Waals surface area (Å²) in [6, 6.07) is 0.533. The van der Waals surface area contributed by atoms with Gasteiger partial charge in [0, 0.05) is 39.4 Å². The average Bonchev–Trinajstić information content (AvgIpc) is 2.82. The molecule has 94 valence electrons. The molecule has 2 N–H and O–H groups in total. The molecule has 6 heteroatoms. The third kappa shape index (κ3) is 2.89. The third-order valence-corrected chi connectivity index (χ3v) is 3.02. The van der Waals surface area contributed by atoms with E-state index in [1.165, 1.54) is 0 Å². The van der Waals surface area contributed by atoms with Crippen LogP contribution in [0.4, 0.5) is 10.5 Å². The van der Waals surface area contributed by atoms with Gasteiger partial charge in [0.25, 0.3) is 0 Å². The standard InChI is InChI=1S/C11H19N5O/c1-15(2)11(17)16-5-3-9(4-6-16)14-10-7-12-13-8-10/h7-9,14H,3-6H2,1-2H3,(H,12,13). The fraction of sp³-hybridized carbons (Fsp3) is 0.636. The average molecular weight is 237 g/mol. The minimum absolute atomic E-state index is 0.103. The molecule has 1 aromatic heterocycles. The Morgan fingerprint density at radius 1 is 1.53 bits per heavy atom. The van der Waals surface area contributed by atoms with Crippen molar-refractivity contribution in [3.05, 3.63) is 12.4 Å².